The van der Waals surface area contributed by atoms with Crippen LogP contribution < -0.4 is 5.32 Å². The summed E-state index contributed by atoms with van der Waals surface area (Å²) in [5, 5.41) is 2.19. The Morgan fingerprint density at radius 1 is 0.920 bits per heavy atom. The van der Waals surface area contributed by atoms with E-state index in [-0.39, 0.29) is 12.1 Å². The van der Waals surface area contributed by atoms with Crippen molar-refractivity contribution in [2.75, 3.05) is 0 Å². The molecule has 0 saturated carbocycles. The number of pyridine rings is 2. The third-order valence-corrected chi connectivity index (χ3v) is 4.48. The fourth-order valence-electron chi connectivity index (χ4n) is 3.28. The van der Waals surface area contributed by atoms with Crippen molar-refractivity contribution in [1.82, 2.24) is 14.9 Å². The summed E-state index contributed by atoms with van der Waals surface area (Å²) < 4.78 is 0. The monoisotopic (exact) mass is 331 g/mol. The highest BCUT2D eigenvalue weighted by atomic mass is 16.2. The first-order chi connectivity index (χ1) is 12.3. The van der Waals surface area contributed by atoms with Crippen LogP contribution in [0.2, 0.25) is 0 Å². The number of rotatable bonds is 5. The lowest BCUT2D eigenvalue weighted by Gasteiger charge is -2.23. The van der Waals surface area contributed by atoms with Gasteiger partial charge in [0.1, 0.15) is 6.54 Å². The molecule has 1 aliphatic rings. The molecule has 1 amide bonds. The first-order valence-corrected chi connectivity index (χ1v) is 8.34. The second-order valence-electron chi connectivity index (χ2n) is 6.13. The number of fused-ring (bicyclic) bond motifs is 1. The summed E-state index contributed by atoms with van der Waals surface area (Å²) in [7, 11) is 0. The zero-order valence-electron chi connectivity index (χ0n) is 13.7. The summed E-state index contributed by atoms with van der Waals surface area (Å²) in [4.78, 5) is 23.1. The molecule has 0 spiro atoms. The zero-order chi connectivity index (χ0) is 17.1. The van der Waals surface area contributed by atoms with E-state index in [1.54, 1.807) is 12.4 Å². The molecule has 0 aliphatic carbocycles. The van der Waals surface area contributed by atoms with Crippen LogP contribution in [0.25, 0.3) is 0 Å². The Morgan fingerprint density at radius 2 is 1.64 bits per heavy atom. The molecule has 1 aromatic carbocycles. The normalized spacial score (nSPS) is 16.1. The number of nitrogens with zero attached hydrogens (tertiary/aromatic N) is 3. The molecule has 124 valence electrons. The van der Waals surface area contributed by atoms with Gasteiger partial charge in [-0.25, -0.2) is 0 Å². The van der Waals surface area contributed by atoms with Crippen LogP contribution >= 0.6 is 0 Å². The Bertz CT molecular complexity index is 867. The molecule has 3 aromatic rings. The molecule has 0 fully saturated rings. The number of carbonyl (C=O) groups excluding carboxylic acids is 1. The lowest BCUT2D eigenvalue weighted by Crippen LogP contribution is -2.86. The Balaban J connectivity index is 1.60. The van der Waals surface area contributed by atoms with Crippen molar-refractivity contribution in [3.63, 3.8) is 0 Å². The molecule has 2 N–H and O–H groups in total. The van der Waals surface area contributed by atoms with E-state index in [1.807, 2.05) is 59.8 Å². The number of carbonyl (C=O) groups is 1. The first kappa shape index (κ1) is 15.5. The van der Waals surface area contributed by atoms with Crippen molar-refractivity contribution < 1.29 is 10.1 Å². The van der Waals surface area contributed by atoms with E-state index in [2.05, 4.69) is 21.4 Å². The SMILES string of the molecule is O=C1c2ccccc2[C@@H]([NH2+]Cc2cccnc2)N1Cc1cccnc1. The molecule has 25 heavy (non-hydrogen) atoms. The number of aromatic nitrogens is 2. The predicted octanol–water partition coefficient (Wildman–Crippen LogP) is 1.89. The summed E-state index contributed by atoms with van der Waals surface area (Å²) in [6.45, 7) is 1.32. The number of nitrogens with two attached hydrogens (primary N) is 1. The standard InChI is InChI=1S/C20H18N4O/c25-20-18-8-2-1-7-17(18)19(23-13-15-5-3-9-21-11-15)24(20)14-16-6-4-10-22-12-16/h1-12,19,23H,13-14H2/p+1/t19-/m0/s1. The van der Waals surface area contributed by atoms with E-state index in [4.69, 9.17) is 0 Å². The maximum atomic E-state index is 12.9. The average Bonchev–Trinajstić information content (AvgIpc) is 2.94. The Hall–Kier alpha value is -3.05. The van der Waals surface area contributed by atoms with Crippen molar-refractivity contribution in [2.45, 2.75) is 19.3 Å². The molecular weight excluding hydrogens is 312 g/mol. The van der Waals surface area contributed by atoms with Crippen molar-refractivity contribution in [3.8, 4) is 0 Å². The van der Waals surface area contributed by atoms with Crippen LogP contribution in [0.15, 0.2) is 73.3 Å². The third-order valence-electron chi connectivity index (χ3n) is 4.48. The molecule has 0 radical (unpaired) electrons. The van der Waals surface area contributed by atoms with Gasteiger partial charge < -0.3 is 5.32 Å². The van der Waals surface area contributed by atoms with E-state index in [0.29, 0.717) is 6.54 Å². The van der Waals surface area contributed by atoms with Gasteiger partial charge in [0.2, 0.25) is 0 Å². The first-order valence-electron chi connectivity index (χ1n) is 8.34. The van der Waals surface area contributed by atoms with Crippen LogP contribution in [-0.4, -0.2) is 20.8 Å². The van der Waals surface area contributed by atoms with Crippen molar-refractivity contribution >= 4 is 5.91 Å². The lowest BCUT2D eigenvalue weighted by molar-refractivity contribution is -0.727. The van der Waals surface area contributed by atoms with Gasteiger partial charge in [-0.1, -0.05) is 30.3 Å². The molecule has 0 unspecified atom stereocenters. The molecule has 4 rings (SSSR count). The van der Waals surface area contributed by atoms with Gasteiger partial charge in [0.25, 0.3) is 5.91 Å². The smallest absolute Gasteiger partial charge is 0.259 e. The minimum Gasteiger partial charge on any atom is -0.319 e. The zero-order valence-corrected chi connectivity index (χ0v) is 13.7. The second-order valence-corrected chi connectivity index (χ2v) is 6.13. The molecule has 1 aliphatic heterocycles. The highest BCUT2D eigenvalue weighted by Crippen LogP contribution is 2.30. The maximum Gasteiger partial charge on any atom is 0.259 e. The summed E-state index contributed by atoms with van der Waals surface area (Å²) in [5.74, 6) is 0.0758. The van der Waals surface area contributed by atoms with Crippen LogP contribution in [0.4, 0.5) is 0 Å². The van der Waals surface area contributed by atoms with Gasteiger partial charge in [-0.2, -0.15) is 0 Å². The highest BCUT2D eigenvalue weighted by Gasteiger charge is 2.38. The number of quaternary nitrogens is 1. The van der Waals surface area contributed by atoms with E-state index >= 15 is 0 Å². The Morgan fingerprint density at radius 3 is 2.36 bits per heavy atom. The number of hydrogen-bond donors (Lipinski definition) is 1. The largest absolute Gasteiger partial charge is 0.319 e. The van der Waals surface area contributed by atoms with Crippen molar-refractivity contribution in [2.24, 2.45) is 0 Å². The summed E-state index contributed by atoms with van der Waals surface area (Å²) in [6.07, 6.45) is 7.16. The summed E-state index contributed by atoms with van der Waals surface area (Å²) >= 11 is 0. The minimum absolute atomic E-state index is 0.0379. The van der Waals surface area contributed by atoms with Gasteiger partial charge in [-0.15, -0.1) is 0 Å². The molecule has 2 aromatic heterocycles. The van der Waals surface area contributed by atoms with E-state index in [9.17, 15) is 4.79 Å². The van der Waals surface area contributed by atoms with Crippen LogP contribution in [0, 0.1) is 0 Å². The molecule has 5 heteroatoms. The van der Waals surface area contributed by atoms with Gasteiger partial charge in [0, 0.05) is 35.9 Å². The Kier molecular flexibility index (Phi) is 4.23. The number of hydrogen-bond acceptors (Lipinski definition) is 3. The van der Waals surface area contributed by atoms with Crippen LogP contribution in [0.1, 0.15) is 33.2 Å². The fourth-order valence-corrected chi connectivity index (χ4v) is 3.28. The van der Waals surface area contributed by atoms with E-state index in [1.165, 1.54) is 0 Å². The molecular formula is C20H19N4O+. The number of benzene rings is 1. The summed E-state index contributed by atoms with van der Waals surface area (Å²) in [5.41, 5.74) is 4.03. The van der Waals surface area contributed by atoms with E-state index < -0.39 is 0 Å². The highest BCUT2D eigenvalue weighted by molar-refractivity contribution is 5.98. The van der Waals surface area contributed by atoms with Gasteiger partial charge in [0.05, 0.1) is 12.1 Å². The lowest BCUT2D eigenvalue weighted by atomic mass is 10.1. The molecule has 5 nitrogen and oxygen atoms in total. The minimum atomic E-state index is -0.0379. The molecule has 1 atom stereocenters. The van der Waals surface area contributed by atoms with Gasteiger partial charge >= 0.3 is 0 Å². The van der Waals surface area contributed by atoms with E-state index in [0.717, 1.165) is 28.8 Å². The second kappa shape index (κ2) is 6.83. The van der Waals surface area contributed by atoms with Crippen LogP contribution in [0.3, 0.4) is 0 Å². The van der Waals surface area contributed by atoms with Crippen LogP contribution in [-0.2, 0) is 13.1 Å². The van der Waals surface area contributed by atoms with Gasteiger partial charge in [-0.05, 0) is 23.8 Å². The molecule has 3 heterocycles. The molecule has 0 saturated heterocycles. The van der Waals surface area contributed by atoms with Crippen LogP contribution in [0.5, 0.6) is 0 Å². The Labute approximate surface area is 146 Å². The quantitative estimate of drug-likeness (QED) is 0.777. The van der Waals surface area contributed by atoms with Crippen molar-refractivity contribution in [1.29, 1.82) is 0 Å². The van der Waals surface area contributed by atoms with Crippen molar-refractivity contribution in [3.05, 3.63) is 95.6 Å². The predicted molar refractivity (Wildman–Crippen MR) is 93.2 cm³/mol. The van der Waals surface area contributed by atoms with Gasteiger partial charge in [0.15, 0.2) is 6.17 Å². The topological polar surface area (TPSA) is 62.7 Å². The average molecular weight is 331 g/mol. The maximum absolute atomic E-state index is 12.9. The summed E-state index contributed by atoms with van der Waals surface area (Å²) in [6, 6.07) is 15.8. The number of amides is 1. The van der Waals surface area contributed by atoms with Gasteiger partial charge in [-0.3, -0.25) is 19.7 Å². The fraction of sp³-hybridized carbons (Fsp3) is 0.150. The molecule has 0 bridgehead atoms. The third kappa shape index (κ3) is 3.14.